The van der Waals surface area contributed by atoms with Gasteiger partial charge in [-0.3, -0.25) is 0 Å². The molecule has 0 bridgehead atoms. The van der Waals surface area contributed by atoms with E-state index in [2.05, 4.69) is 0 Å². The van der Waals surface area contributed by atoms with Crippen LogP contribution in [0.3, 0.4) is 0 Å². The highest BCUT2D eigenvalue weighted by molar-refractivity contribution is 7.89. The summed E-state index contributed by atoms with van der Waals surface area (Å²) in [5.74, 6) is 0.354. The summed E-state index contributed by atoms with van der Waals surface area (Å²) >= 11 is 0. The Balaban J connectivity index is 2.60. The van der Waals surface area contributed by atoms with E-state index in [1.54, 1.807) is 4.31 Å². The van der Waals surface area contributed by atoms with E-state index in [1.807, 2.05) is 6.92 Å². The SMILES string of the molecule is CCCN1CCCS1(=O)=O. The van der Waals surface area contributed by atoms with E-state index in [9.17, 15) is 8.42 Å². The van der Waals surface area contributed by atoms with Gasteiger partial charge in [-0.05, 0) is 12.8 Å². The number of nitrogens with zero attached hydrogens (tertiary/aromatic N) is 1. The summed E-state index contributed by atoms with van der Waals surface area (Å²) in [4.78, 5) is 0. The largest absolute Gasteiger partial charge is 0.214 e. The van der Waals surface area contributed by atoms with Crippen molar-refractivity contribution in [2.24, 2.45) is 0 Å². The molecule has 0 amide bonds. The monoisotopic (exact) mass is 163 g/mol. The van der Waals surface area contributed by atoms with Crippen molar-refractivity contribution in [1.82, 2.24) is 4.31 Å². The van der Waals surface area contributed by atoms with E-state index in [0.29, 0.717) is 12.3 Å². The highest BCUT2D eigenvalue weighted by Crippen LogP contribution is 2.12. The van der Waals surface area contributed by atoms with Gasteiger partial charge in [0, 0.05) is 13.1 Å². The van der Waals surface area contributed by atoms with Gasteiger partial charge in [0.05, 0.1) is 5.75 Å². The first-order chi connectivity index (χ1) is 4.67. The third-order valence-corrected chi connectivity index (χ3v) is 3.63. The summed E-state index contributed by atoms with van der Waals surface area (Å²) in [7, 11) is -2.82. The van der Waals surface area contributed by atoms with Crippen LogP contribution >= 0.6 is 0 Å². The van der Waals surface area contributed by atoms with Crippen molar-refractivity contribution in [2.45, 2.75) is 19.8 Å². The van der Waals surface area contributed by atoms with E-state index in [-0.39, 0.29) is 0 Å². The number of rotatable bonds is 2. The van der Waals surface area contributed by atoms with Gasteiger partial charge < -0.3 is 0 Å². The van der Waals surface area contributed by atoms with Crippen LogP contribution in [0, 0.1) is 0 Å². The minimum atomic E-state index is -2.82. The molecule has 1 heterocycles. The fraction of sp³-hybridized carbons (Fsp3) is 1.00. The molecule has 60 valence electrons. The molecule has 0 aliphatic carbocycles. The lowest BCUT2D eigenvalue weighted by atomic mass is 10.4. The summed E-state index contributed by atoms with van der Waals surface area (Å²) in [5, 5.41) is 0. The van der Waals surface area contributed by atoms with E-state index in [0.717, 1.165) is 19.4 Å². The fourth-order valence-corrected chi connectivity index (χ4v) is 2.81. The lowest BCUT2D eigenvalue weighted by molar-refractivity contribution is 0.443. The van der Waals surface area contributed by atoms with E-state index < -0.39 is 10.0 Å². The Labute approximate surface area is 62.1 Å². The Hall–Kier alpha value is -0.0900. The Morgan fingerprint density at radius 2 is 2.20 bits per heavy atom. The molecule has 0 aromatic rings. The zero-order valence-electron chi connectivity index (χ0n) is 6.21. The van der Waals surface area contributed by atoms with Gasteiger partial charge in [0.25, 0.3) is 0 Å². The van der Waals surface area contributed by atoms with Crippen LogP contribution in [-0.4, -0.2) is 31.6 Å². The third kappa shape index (κ3) is 1.49. The van der Waals surface area contributed by atoms with Crippen LogP contribution in [0.4, 0.5) is 0 Å². The van der Waals surface area contributed by atoms with Crippen LogP contribution in [0.15, 0.2) is 0 Å². The number of sulfonamides is 1. The number of hydrogen-bond donors (Lipinski definition) is 0. The molecular weight excluding hydrogens is 150 g/mol. The Morgan fingerprint density at radius 1 is 1.50 bits per heavy atom. The Bertz CT molecular complexity index is 198. The first kappa shape index (κ1) is 8.01. The molecule has 0 atom stereocenters. The molecule has 0 aromatic carbocycles. The minimum absolute atomic E-state index is 0.354. The second-order valence-electron chi connectivity index (χ2n) is 2.57. The summed E-state index contributed by atoms with van der Waals surface area (Å²) in [6.07, 6.45) is 1.72. The zero-order valence-corrected chi connectivity index (χ0v) is 7.02. The van der Waals surface area contributed by atoms with Gasteiger partial charge in [0.15, 0.2) is 0 Å². The molecule has 0 aromatic heterocycles. The minimum Gasteiger partial charge on any atom is -0.212 e. The van der Waals surface area contributed by atoms with Crippen LogP contribution in [-0.2, 0) is 10.0 Å². The van der Waals surface area contributed by atoms with Crippen molar-refractivity contribution in [3.8, 4) is 0 Å². The van der Waals surface area contributed by atoms with Crippen LogP contribution in [0.25, 0.3) is 0 Å². The van der Waals surface area contributed by atoms with Crippen molar-refractivity contribution in [3.05, 3.63) is 0 Å². The average molecular weight is 163 g/mol. The molecule has 1 aliphatic heterocycles. The van der Waals surface area contributed by atoms with Crippen LogP contribution in [0.1, 0.15) is 19.8 Å². The second-order valence-corrected chi connectivity index (χ2v) is 4.66. The van der Waals surface area contributed by atoms with Crippen molar-refractivity contribution in [1.29, 1.82) is 0 Å². The second kappa shape index (κ2) is 2.88. The molecule has 4 heteroatoms. The highest BCUT2D eigenvalue weighted by Gasteiger charge is 2.26. The quantitative estimate of drug-likeness (QED) is 0.592. The molecule has 0 N–H and O–H groups in total. The molecule has 1 aliphatic rings. The van der Waals surface area contributed by atoms with Crippen molar-refractivity contribution >= 4 is 10.0 Å². The van der Waals surface area contributed by atoms with Crippen LogP contribution < -0.4 is 0 Å². The predicted octanol–water partition coefficient (Wildman–Crippen LogP) is 0.432. The topological polar surface area (TPSA) is 37.4 Å². The van der Waals surface area contributed by atoms with Crippen LogP contribution in [0.5, 0.6) is 0 Å². The third-order valence-electron chi connectivity index (χ3n) is 1.68. The summed E-state index contributed by atoms with van der Waals surface area (Å²) in [5.41, 5.74) is 0. The Morgan fingerprint density at radius 3 is 2.60 bits per heavy atom. The zero-order chi connectivity index (χ0) is 7.61. The van der Waals surface area contributed by atoms with Gasteiger partial charge in [0.1, 0.15) is 0 Å². The van der Waals surface area contributed by atoms with Gasteiger partial charge >= 0.3 is 0 Å². The van der Waals surface area contributed by atoms with Gasteiger partial charge in [-0.25, -0.2) is 12.7 Å². The lowest BCUT2D eigenvalue weighted by Crippen LogP contribution is -2.26. The fourth-order valence-electron chi connectivity index (χ4n) is 1.19. The summed E-state index contributed by atoms with van der Waals surface area (Å²) < 4.78 is 23.7. The normalized spacial score (nSPS) is 25.3. The first-order valence-electron chi connectivity index (χ1n) is 3.64. The van der Waals surface area contributed by atoms with E-state index in [4.69, 9.17) is 0 Å². The number of hydrogen-bond acceptors (Lipinski definition) is 2. The molecule has 1 saturated heterocycles. The standard InChI is InChI=1S/C6H13NO2S/c1-2-4-7-5-3-6-10(7,8)9/h2-6H2,1H3. The average Bonchev–Trinajstić information content (AvgIpc) is 2.13. The molecule has 0 radical (unpaired) electrons. The smallest absolute Gasteiger partial charge is 0.212 e. The Kier molecular flexibility index (Phi) is 2.31. The molecule has 1 rings (SSSR count). The van der Waals surface area contributed by atoms with Gasteiger partial charge in [-0.15, -0.1) is 0 Å². The lowest BCUT2D eigenvalue weighted by Gasteiger charge is -2.11. The van der Waals surface area contributed by atoms with E-state index in [1.165, 1.54) is 0 Å². The molecule has 3 nitrogen and oxygen atoms in total. The molecular formula is C6H13NO2S. The molecule has 0 unspecified atom stereocenters. The maximum Gasteiger partial charge on any atom is 0.214 e. The van der Waals surface area contributed by atoms with E-state index >= 15 is 0 Å². The predicted molar refractivity (Wildman–Crippen MR) is 40.3 cm³/mol. The van der Waals surface area contributed by atoms with Gasteiger partial charge in [-0.1, -0.05) is 6.92 Å². The molecule has 10 heavy (non-hydrogen) atoms. The molecule has 0 spiro atoms. The van der Waals surface area contributed by atoms with Crippen LogP contribution in [0.2, 0.25) is 0 Å². The van der Waals surface area contributed by atoms with Gasteiger partial charge in [-0.2, -0.15) is 0 Å². The maximum absolute atomic E-state index is 11.1. The molecule has 1 fully saturated rings. The van der Waals surface area contributed by atoms with Crippen molar-refractivity contribution in [3.63, 3.8) is 0 Å². The van der Waals surface area contributed by atoms with Crippen molar-refractivity contribution < 1.29 is 8.42 Å². The highest BCUT2D eigenvalue weighted by atomic mass is 32.2. The van der Waals surface area contributed by atoms with Gasteiger partial charge in [0.2, 0.25) is 10.0 Å². The summed E-state index contributed by atoms with van der Waals surface area (Å²) in [6, 6.07) is 0. The first-order valence-corrected chi connectivity index (χ1v) is 5.25. The molecule has 0 saturated carbocycles. The maximum atomic E-state index is 11.1. The van der Waals surface area contributed by atoms with Crippen molar-refractivity contribution in [2.75, 3.05) is 18.8 Å². The summed E-state index contributed by atoms with van der Waals surface area (Å²) in [6.45, 7) is 3.42.